The van der Waals surface area contributed by atoms with E-state index in [9.17, 15) is 0 Å². The first kappa shape index (κ1) is 26.0. The second kappa shape index (κ2) is 13.3. The number of nitrogens with zero attached hydrogens (tertiary/aromatic N) is 3. The lowest BCUT2D eigenvalue weighted by molar-refractivity contribution is 0.321. The number of nitrogens with one attached hydrogen (secondary N) is 2. The summed E-state index contributed by atoms with van der Waals surface area (Å²) in [6.07, 6.45) is 1.06. The standard InChI is InChI=1S/C23H33N5O3.HI/c1-5-24-23(25-14-18-7-6-8-22(26-18)31-4)27-19-9-10-28(16-19)15-17-11-20(29-2)13-21(12-17)30-3;/h6-8,11-13,19H,5,9-10,14-16H2,1-4H3,(H2,24,25,27);1H. The van der Waals surface area contributed by atoms with Gasteiger partial charge in [-0.3, -0.25) is 4.90 Å². The van der Waals surface area contributed by atoms with E-state index < -0.39 is 0 Å². The van der Waals surface area contributed by atoms with Gasteiger partial charge < -0.3 is 24.8 Å². The Morgan fingerprint density at radius 3 is 2.53 bits per heavy atom. The van der Waals surface area contributed by atoms with E-state index in [1.165, 1.54) is 5.56 Å². The van der Waals surface area contributed by atoms with Crippen molar-refractivity contribution in [2.45, 2.75) is 32.5 Å². The van der Waals surface area contributed by atoms with Crippen LogP contribution in [0.4, 0.5) is 0 Å². The van der Waals surface area contributed by atoms with E-state index in [0.717, 1.165) is 55.8 Å². The van der Waals surface area contributed by atoms with Crippen molar-refractivity contribution in [1.29, 1.82) is 0 Å². The van der Waals surface area contributed by atoms with Crippen molar-refractivity contribution in [2.75, 3.05) is 41.0 Å². The third-order valence-corrected chi connectivity index (χ3v) is 5.16. The number of ether oxygens (including phenoxy) is 3. The van der Waals surface area contributed by atoms with Crippen molar-refractivity contribution in [3.05, 3.63) is 47.7 Å². The van der Waals surface area contributed by atoms with Gasteiger partial charge in [0.25, 0.3) is 0 Å². The molecule has 0 radical (unpaired) electrons. The van der Waals surface area contributed by atoms with Gasteiger partial charge in [0.1, 0.15) is 11.5 Å². The molecule has 2 aromatic rings. The maximum Gasteiger partial charge on any atom is 0.213 e. The third kappa shape index (κ3) is 7.70. The molecule has 8 nitrogen and oxygen atoms in total. The monoisotopic (exact) mass is 555 g/mol. The quantitative estimate of drug-likeness (QED) is 0.280. The molecular formula is C23H34IN5O3. The molecule has 1 aliphatic rings. The van der Waals surface area contributed by atoms with E-state index in [2.05, 4.69) is 39.6 Å². The van der Waals surface area contributed by atoms with Crippen molar-refractivity contribution in [2.24, 2.45) is 4.99 Å². The fourth-order valence-corrected chi connectivity index (χ4v) is 3.64. The number of hydrogen-bond donors (Lipinski definition) is 2. The van der Waals surface area contributed by atoms with Crippen LogP contribution < -0.4 is 24.8 Å². The minimum absolute atomic E-state index is 0. The Labute approximate surface area is 207 Å². The fourth-order valence-electron chi connectivity index (χ4n) is 3.64. The second-order valence-corrected chi connectivity index (χ2v) is 7.45. The summed E-state index contributed by atoms with van der Waals surface area (Å²) in [7, 11) is 4.97. The van der Waals surface area contributed by atoms with Gasteiger partial charge in [0.05, 0.1) is 33.6 Å². The normalized spacial score (nSPS) is 16.2. The van der Waals surface area contributed by atoms with Crippen LogP contribution in [-0.2, 0) is 13.1 Å². The molecule has 176 valence electrons. The van der Waals surface area contributed by atoms with E-state index in [4.69, 9.17) is 19.2 Å². The first-order chi connectivity index (χ1) is 15.1. The molecule has 1 aromatic heterocycles. The maximum absolute atomic E-state index is 5.39. The number of pyridine rings is 1. The van der Waals surface area contributed by atoms with Gasteiger partial charge in [-0.1, -0.05) is 6.07 Å². The summed E-state index contributed by atoms with van der Waals surface area (Å²) >= 11 is 0. The Balaban J connectivity index is 0.00000363. The maximum atomic E-state index is 5.39. The fraction of sp³-hybridized carbons (Fsp3) is 0.478. The largest absolute Gasteiger partial charge is 0.497 e. The van der Waals surface area contributed by atoms with Crippen molar-refractivity contribution in [3.63, 3.8) is 0 Å². The Hall–Kier alpha value is -2.27. The molecule has 1 unspecified atom stereocenters. The molecule has 1 fully saturated rings. The molecule has 1 atom stereocenters. The van der Waals surface area contributed by atoms with Gasteiger partial charge in [-0.25, -0.2) is 9.98 Å². The van der Waals surface area contributed by atoms with Crippen LogP contribution in [0, 0.1) is 0 Å². The van der Waals surface area contributed by atoms with Gasteiger partial charge in [-0.2, -0.15) is 0 Å². The molecule has 32 heavy (non-hydrogen) atoms. The summed E-state index contributed by atoms with van der Waals surface area (Å²) in [6, 6.07) is 12.1. The van der Waals surface area contributed by atoms with Crippen molar-refractivity contribution >= 4 is 29.9 Å². The number of benzene rings is 1. The van der Waals surface area contributed by atoms with Crippen LogP contribution in [-0.4, -0.2) is 62.8 Å². The highest BCUT2D eigenvalue weighted by Gasteiger charge is 2.23. The molecule has 0 amide bonds. The van der Waals surface area contributed by atoms with Gasteiger partial charge in [-0.05, 0) is 37.1 Å². The summed E-state index contributed by atoms with van der Waals surface area (Å²) in [5.41, 5.74) is 2.05. The van der Waals surface area contributed by atoms with E-state index in [1.54, 1.807) is 21.3 Å². The van der Waals surface area contributed by atoms with E-state index in [-0.39, 0.29) is 24.0 Å². The number of halogens is 1. The molecule has 0 aliphatic carbocycles. The van der Waals surface area contributed by atoms with Crippen LogP contribution in [0.25, 0.3) is 0 Å². The van der Waals surface area contributed by atoms with E-state index in [0.29, 0.717) is 18.5 Å². The van der Waals surface area contributed by atoms with Gasteiger partial charge in [0, 0.05) is 44.4 Å². The summed E-state index contributed by atoms with van der Waals surface area (Å²) < 4.78 is 16.0. The number of hydrogen-bond acceptors (Lipinski definition) is 6. The Morgan fingerprint density at radius 2 is 1.88 bits per heavy atom. The first-order valence-corrected chi connectivity index (χ1v) is 10.6. The van der Waals surface area contributed by atoms with Gasteiger partial charge >= 0.3 is 0 Å². The number of aliphatic imine (C=N–C) groups is 1. The highest BCUT2D eigenvalue weighted by atomic mass is 127. The van der Waals surface area contributed by atoms with Crippen molar-refractivity contribution in [3.8, 4) is 17.4 Å². The predicted molar refractivity (Wildman–Crippen MR) is 137 cm³/mol. The Bertz CT molecular complexity index is 858. The smallest absolute Gasteiger partial charge is 0.213 e. The molecule has 2 heterocycles. The molecule has 0 bridgehead atoms. The van der Waals surface area contributed by atoms with Gasteiger partial charge in [0.2, 0.25) is 5.88 Å². The molecule has 1 saturated heterocycles. The third-order valence-electron chi connectivity index (χ3n) is 5.16. The van der Waals surface area contributed by atoms with Crippen LogP contribution in [0.5, 0.6) is 17.4 Å². The molecule has 0 saturated carbocycles. The Morgan fingerprint density at radius 1 is 1.12 bits per heavy atom. The molecule has 2 N–H and O–H groups in total. The number of guanidine groups is 1. The summed E-state index contributed by atoms with van der Waals surface area (Å²) in [5, 5.41) is 6.90. The topological polar surface area (TPSA) is 80.2 Å². The van der Waals surface area contributed by atoms with E-state index in [1.807, 2.05) is 24.3 Å². The predicted octanol–water partition coefficient (Wildman–Crippen LogP) is 3.06. The number of likely N-dealkylation sites (tertiary alicyclic amines) is 1. The number of rotatable bonds is 9. The molecule has 9 heteroatoms. The second-order valence-electron chi connectivity index (χ2n) is 7.45. The SMILES string of the molecule is CCNC(=NCc1cccc(OC)n1)NC1CCN(Cc2cc(OC)cc(OC)c2)C1.I. The van der Waals surface area contributed by atoms with E-state index >= 15 is 0 Å². The minimum atomic E-state index is 0. The van der Waals surface area contributed by atoms with Crippen LogP contribution in [0.2, 0.25) is 0 Å². The van der Waals surface area contributed by atoms with Crippen LogP contribution in [0.3, 0.4) is 0 Å². The highest BCUT2D eigenvalue weighted by Crippen LogP contribution is 2.24. The lowest BCUT2D eigenvalue weighted by Gasteiger charge is -2.19. The minimum Gasteiger partial charge on any atom is -0.497 e. The number of aromatic nitrogens is 1. The van der Waals surface area contributed by atoms with Crippen LogP contribution >= 0.6 is 24.0 Å². The van der Waals surface area contributed by atoms with Gasteiger partial charge in [0.15, 0.2) is 5.96 Å². The lowest BCUT2D eigenvalue weighted by atomic mass is 10.2. The molecule has 3 rings (SSSR count). The Kier molecular flexibility index (Phi) is 10.8. The lowest BCUT2D eigenvalue weighted by Crippen LogP contribution is -2.44. The van der Waals surface area contributed by atoms with Crippen LogP contribution in [0.15, 0.2) is 41.4 Å². The summed E-state index contributed by atoms with van der Waals surface area (Å²) in [6.45, 7) is 6.19. The zero-order valence-corrected chi connectivity index (χ0v) is 21.6. The molecule has 0 spiro atoms. The molecule has 1 aromatic carbocycles. The zero-order chi connectivity index (χ0) is 22.1. The molecular weight excluding hydrogens is 521 g/mol. The number of methoxy groups -OCH3 is 3. The molecule has 1 aliphatic heterocycles. The first-order valence-electron chi connectivity index (χ1n) is 10.6. The summed E-state index contributed by atoms with van der Waals surface area (Å²) in [5.74, 6) is 3.04. The summed E-state index contributed by atoms with van der Waals surface area (Å²) in [4.78, 5) is 11.6. The highest BCUT2D eigenvalue weighted by molar-refractivity contribution is 14.0. The van der Waals surface area contributed by atoms with Crippen LogP contribution in [0.1, 0.15) is 24.6 Å². The van der Waals surface area contributed by atoms with Gasteiger partial charge in [-0.15, -0.1) is 24.0 Å². The van der Waals surface area contributed by atoms with Crippen molar-refractivity contribution in [1.82, 2.24) is 20.5 Å². The average molecular weight is 555 g/mol. The van der Waals surface area contributed by atoms with Crippen molar-refractivity contribution < 1.29 is 14.2 Å². The average Bonchev–Trinajstić information content (AvgIpc) is 3.24. The zero-order valence-electron chi connectivity index (χ0n) is 19.3.